The summed E-state index contributed by atoms with van der Waals surface area (Å²) in [6.07, 6.45) is 0. The van der Waals surface area contributed by atoms with Crippen LogP contribution in [0.5, 0.6) is 0 Å². The van der Waals surface area contributed by atoms with Gasteiger partial charge in [0, 0.05) is 65.4 Å². The molecule has 1 rings (SSSR count). The van der Waals surface area contributed by atoms with Crippen LogP contribution in [-0.2, 0) is 65.4 Å². The third-order valence-corrected chi connectivity index (χ3v) is 0.773. The molecule has 0 bridgehead atoms. The van der Waals surface area contributed by atoms with Crippen molar-refractivity contribution < 1.29 is 65.4 Å². The predicted octanol–water partition coefficient (Wildman–Crippen LogP) is 1.66. The summed E-state index contributed by atoms with van der Waals surface area (Å²) in [5.74, 6) is 0. The maximum absolute atomic E-state index is 3.66. The monoisotopic (exact) mass is 268 g/mol. The van der Waals surface area contributed by atoms with E-state index in [1.807, 2.05) is 24.3 Å². The number of hydrogen-bond acceptors (Lipinski definition) is 0. The predicted molar refractivity (Wildman–Crippen MR) is 29.7 cm³/mol. The minimum atomic E-state index is 0. The van der Waals surface area contributed by atoms with Crippen LogP contribution in [0.2, 0.25) is 0 Å². The molecule has 0 saturated carbocycles. The van der Waals surface area contributed by atoms with E-state index in [9.17, 15) is 0 Å². The molecule has 0 saturated heterocycles. The third-order valence-electron chi connectivity index (χ3n) is 0.773. The topological polar surface area (TPSA) is 0 Å². The molecule has 0 atom stereocenters. The second kappa shape index (κ2) is 7.41. The molecule has 0 amide bonds. The molecule has 0 nitrogen and oxygen atoms in total. The maximum Gasteiger partial charge on any atom is 0 e. The molecule has 42 valence electrons. The van der Waals surface area contributed by atoms with E-state index in [0.717, 1.165) is 5.56 Å². The van der Waals surface area contributed by atoms with Gasteiger partial charge in [0.2, 0.25) is 0 Å². The van der Waals surface area contributed by atoms with Gasteiger partial charge in [0.15, 0.2) is 0 Å². The summed E-state index contributed by atoms with van der Waals surface area (Å²) in [6, 6.07) is 10.6. The summed E-state index contributed by atoms with van der Waals surface area (Å²) in [6.45, 7) is 3.66. The van der Waals surface area contributed by atoms with Gasteiger partial charge in [0.25, 0.3) is 0 Å². The average Bonchev–Trinajstić information content (AvgIpc) is 1.69. The largest absolute Gasteiger partial charge is 0.374 e. The summed E-state index contributed by atoms with van der Waals surface area (Å²) in [4.78, 5) is 0. The van der Waals surface area contributed by atoms with Gasteiger partial charge in [0.05, 0.1) is 0 Å². The fourth-order valence-corrected chi connectivity index (χ4v) is 0.431. The molecular weight excluding hydrogens is 262 g/mol. The van der Waals surface area contributed by atoms with Crippen molar-refractivity contribution in [3.8, 4) is 0 Å². The van der Waals surface area contributed by atoms with E-state index in [2.05, 4.69) is 13.0 Å². The zero-order chi connectivity index (χ0) is 5.11. The molecule has 0 unspecified atom stereocenters. The van der Waals surface area contributed by atoms with Gasteiger partial charge in [-0.1, -0.05) is 0 Å². The Hall–Kier alpha value is 1.30. The number of rotatable bonds is 0. The molecule has 9 heavy (non-hydrogen) atoms. The standard InChI is InChI=1S/C7H6.2Y/c1-7-5-3-2-4-6-7;;/h2-5H,1H2;;/q-2;;. The Morgan fingerprint density at radius 3 is 2.11 bits per heavy atom. The second-order valence-electron chi connectivity index (χ2n) is 1.39. The van der Waals surface area contributed by atoms with Crippen LogP contribution in [0.4, 0.5) is 0 Å². The van der Waals surface area contributed by atoms with Crippen LogP contribution < -0.4 is 0 Å². The van der Waals surface area contributed by atoms with Crippen molar-refractivity contribution >= 4 is 0 Å². The van der Waals surface area contributed by atoms with Gasteiger partial charge in [-0.15, -0.1) is 6.07 Å². The molecule has 1 aromatic carbocycles. The summed E-state index contributed by atoms with van der Waals surface area (Å²) in [7, 11) is 0. The summed E-state index contributed by atoms with van der Waals surface area (Å²) < 4.78 is 0. The maximum atomic E-state index is 3.66. The fraction of sp³-hybridized carbons (Fsp3) is 0. The van der Waals surface area contributed by atoms with Crippen LogP contribution in [0.15, 0.2) is 24.3 Å². The fourth-order valence-electron chi connectivity index (χ4n) is 0.431. The van der Waals surface area contributed by atoms with Crippen LogP contribution in [-0.4, -0.2) is 0 Å². The first-order valence-corrected chi connectivity index (χ1v) is 2.18. The van der Waals surface area contributed by atoms with Gasteiger partial charge in [-0.25, -0.2) is 0 Å². The van der Waals surface area contributed by atoms with E-state index in [0.29, 0.717) is 0 Å². The zero-order valence-electron chi connectivity index (χ0n) is 5.17. The molecule has 2 radical (unpaired) electrons. The molecule has 0 aliphatic heterocycles. The molecule has 0 fully saturated rings. The third kappa shape index (κ3) is 5.73. The Morgan fingerprint density at radius 1 is 1.22 bits per heavy atom. The van der Waals surface area contributed by atoms with Gasteiger partial charge >= 0.3 is 0 Å². The van der Waals surface area contributed by atoms with Crippen LogP contribution >= 0.6 is 0 Å². The van der Waals surface area contributed by atoms with E-state index < -0.39 is 0 Å². The minimum absolute atomic E-state index is 0. The smallest absolute Gasteiger partial charge is 0 e. The van der Waals surface area contributed by atoms with Crippen LogP contribution in [0.3, 0.4) is 0 Å². The van der Waals surface area contributed by atoms with Crippen molar-refractivity contribution in [1.82, 2.24) is 0 Å². The first-order chi connectivity index (χ1) is 3.39. The molecule has 0 heterocycles. The quantitative estimate of drug-likeness (QED) is 0.628. The summed E-state index contributed by atoms with van der Waals surface area (Å²) >= 11 is 0. The summed E-state index contributed by atoms with van der Waals surface area (Å²) in [5, 5.41) is 0. The van der Waals surface area contributed by atoms with E-state index >= 15 is 0 Å². The van der Waals surface area contributed by atoms with Gasteiger partial charge in [-0.05, 0) is 0 Å². The Bertz CT molecular complexity index is 137. The average molecular weight is 268 g/mol. The zero-order valence-corrected chi connectivity index (χ0v) is 10.8. The van der Waals surface area contributed by atoms with Crippen molar-refractivity contribution in [2.24, 2.45) is 0 Å². The van der Waals surface area contributed by atoms with E-state index in [4.69, 9.17) is 0 Å². The number of benzene rings is 1. The Labute approximate surface area is 107 Å². The molecule has 0 aliphatic rings. The van der Waals surface area contributed by atoms with Crippen LogP contribution in [0, 0.1) is 13.0 Å². The normalized spacial score (nSPS) is 6.67. The first-order valence-electron chi connectivity index (χ1n) is 2.18. The SMILES string of the molecule is [CH2-]c1[c-]cccc1.[Y].[Y]. The molecule has 0 aromatic heterocycles. The second-order valence-corrected chi connectivity index (χ2v) is 1.39. The van der Waals surface area contributed by atoms with Gasteiger partial charge in [-0.2, -0.15) is 12.1 Å². The first kappa shape index (κ1) is 12.9. The van der Waals surface area contributed by atoms with Crippen molar-refractivity contribution in [1.29, 1.82) is 0 Å². The minimum Gasteiger partial charge on any atom is -0.374 e. The van der Waals surface area contributed by atoms with Crippen molar-refractivity contribution in [2.75, 3.05) is 0 Å². The van der Waals surface area contributed by atoms with Crippen molar-refractivity contribution in [2.45, 2.75) is 0 Å². The van der Waals surface area contributed by atoms with Crippen molar-refractivity contribution in [3.05, 3.63) is 42.8 Å². The molecule has 2 heteroatoms. The molecule has 1 aromatic rings. The van der Waals surface area contributed by atoms with Crippen LogP contribution in [0.1, 0.15) is 5.56 Å². The molecule has 0 spiro atoms. The van der Waals surface area contributed by atoms with Crippen LogP contribution in [0.25, 0.3) is 0 Å². The van der Waals surface area contributed by atoms with Gasteiger partial charge in [-0.3, -0.25) is 6.07 Å². The number of hydrogen-bond donors (Lipinski definition) is 0. The van der Waals surface area contributed by atoms with E-state index in [-0.39, 0.29) is 65.4 Å². The Kier molecular flexibility index (Phi) is 10.6. The van der Waals surface area contributed by atoms with E-state index in [1.54, 1.807) is 0 Å². The summed E-state index contributed by atoms with van der Waals surface area (Å²) in [5.41, 5.74) is 0.947. The molecular formula is C7H6Y2-2. The molecule has 0 aliphatic carbocycles. The Morgan fingerprint density at radius 2 is 1.89 bits per heavy atom. The van der Waals surface area contributed by atoms with Gasteiger partial charge in [0.1, 0.15) is 0 Å². The van der Waals surface area contributed by atoms with Crippen molar-refractivity contribution in [3.63, 3.8) is 0 Å². The Balaban J connectivity index is 0. The molecule has 0 N–H and O–H groups in total. The van der Waals surface area contributed by atoms with E-state index in [1.165, 1.54) is 0 Å². The van der Waals surface area contributed by atoms with Gasteiger partial charge < -0.3 is 18.6 Å².